The van der Waals surface area contributed by atoms with Crippen LogP contribution in [-0.4, -0.2) is 11.2 Å². The zero-order chi connectivity index (χ0) is 10.7. The van der Waals surface area contributed by atoms with E-state index >= 15 is 0 Å². The minimum atomic E-state index is -0.580. The van der Waals surface area contributed by atoms with Gasteiger partial charge in [-0.25, -0.2) is 0 Å². The molecule has 0 saturated heterocycles. The van der Waals surface area contributed by atoms with Crippen LogP contribution < -0.4 is 0 Å². The molecule has 1 unspecified atom stereocenters. The van der Waals surface area contributed by atoms with Crippen LogP contribution >= 0.6 is 0 Å². The van der Waals surface area contributed by atoms with Gasteiger partial charge in [-0.1, -0.05) is 48.2 Å². The van der Waals surface area contributed by atoms with E-state index in [1.54, 1.807) is 6.92 Å². The lowest BCUT2D eigenvalue weighted by atomic mass is 10.1. The van der Waals surface area contributed by atoms with Gasteiger partial charge in [-0.05, 0) is 23.8 Å². The first-order valence-corrected chi connectivity index (χ1v) is 4.95. The topological polar surface area (TPSA) is 20.2 Å². The van der Waals surface area contributed by atoms with Crippen LogP contribution in [0.15, 0.2) is 42.5 Å². The van der Waals surface area contributed by atoms with Crippen molar-refractivity contribution in [3.8, 4) is 11.8 Å². The van der Waals surface area contributed by atoms with Crippen LogP contribution in [-0.2, 0) is 0 Å². The molecule has 2 aromatic carbocycles. The minimum Gasteiger partial charge on any atom is -0.381 e. The van der Waals surface area contributed by atoms with Gasteiger partial charge in [0.15, 0.2) is 0 Å². The van der Waals surface area contributed by atoms with Gasteiger partial charge in [0.05, 0.1) is 0 Å². The summed E-state index contributed by atoms with van der Waals surface area (Å²) in [4.78, 5) is 0. The van der Waals surface area contributed by atoms with E-state index < -0.39 is 6.10 Å². The number of hydrogen-bond donors (Lipinski definition) is 1. The standard InChI is InChI=1S/C14H12O/c1-11(15)9-10-13-7-4-6-12-5-2-3-8-14(12)13/h2-8,11,15H,1H3. The highest BCUT2D eigenvalue weighted by atomic mass is 16.3. The highest BCUT2D eigenvalue weighted by molar-refractivity contribution is 5.88. The highest BCUT2D eigenvalue weighted by Gasteiger charge is 1.96. The molecule has 0 heterocycles. The lowest BCUT2D eigenvalue weighted by Gasteiger charge is -1.99. The number of fused-ring (bicyclic) bond motifs is 1. The molecule has 15 heavy (non-hydrogen) atoms. The molecule has 1 heteroatoms. The molecule has 0 amide bonds. The van der Waals surface area contributed by atoms with Crippen molar-refractivity contribution in [1.82, 2.24) is 0 Å². The van der Waals surface area contributed by atoms with Gasteiger partial charge in [-0.3, -0.25) is 0 Å². The smallest absolute Gasteiger partial charge is 0.112 e. The quantitative estimate of drug-likeness (QED) is 0.642. The van der Waals surface area contributed by atoms with Gasteiger partial charge < -0.3 is 5.11 Å². The van der Waals surface area contributed by atoms with Crippen LogP contribution in [0.4, 0.5) is 0 Å². The van der Waals surface area contributed by atoms with E-state index in [9.17, 15) is 0 Å². The van der Waals surface area contributed by atoms with E-state index in [2.05, 4.69) is 24.0 Å². The summed E-state index contributed by atoms with van der Waals surface area (Å²) in [6.07, 6.45) is -0.580. The summed E-state index contributed by atoms with van der Waals surface area (Å²) in [5.74, 6) is 5.75. The SMILES string of the molecule is CC(O)C#Cc1cccc2ccccc12. The highest BCUT2D eigenvalue weighted by Crippen LogP contribution is 2.17. The second kappa shape index (κ2) is 4.16. The molecule has 74 valence electrons. The summed E-state index contributed by atoms with van der Waals surface area (Å²) >= 11 is 0. The molecule has 1 atom stereocenters. The summed E-state index contributed by atoms with van der Waals surface area (Å²) in [6.45, 7) is 1.66. The van der Waals surface area contributed by atoms with Crippen LogP contribution in [0.25, 0.3) is 10.8 Å². The van der Waals surface area contributed by atoms with Crippen molar-refractivity contribution < 1.29 is 5.11 Å². The lowest BCUT2D eigenvalue weighted by molar-refractivity contribution is 0.253. The van der Waals surface area contributed by atoms with E-state index in [0.29, 0.717) is 0 Å². The van der Waals surface area contributed by atoms with Crippen molar-refractivity contribution >= 4 is 10.8 Å². The van der Waals surface area contributed by atoms with Crippen LogP contribution in [0.5, 0.6) is 0 Å². The third-order valence-corrected chi connectivity index (χ3v) is 2.21. The average molecular weight is 196 g/mol. The summed E-state index contributed by atoms with van der Waals surface area (Å²) in [5, 5.41) is 11.4. The molecule has 0 fully saturated rings. The molecular formula is C14H12O. The van der Waals surface area contributed by atoms with Gasteiger partial charge in [-0.2, -0.15) is 0 Å². The number of benzene rings is 2. The number of hydrogen-bond acceptors (Lipinski definition) is 1. The Morgan fingerprint density at radius 2 is 1.80 bits per heavy atom. The maximum absolute atomic E-state index is 9.11. The normalized spacial score (nSPS) is 11.9. The molecule has 0 bridgehead atoms. The molecule has 1 N–H and O–H groups in total. The van der Waals surface area contributed by atoms with Crippen molar-refractivity contribution in [2.45, 2.75) is 13.0 Å². The number of aliphatic hydroxyl groups excluding tert-OH is 1. The fraction of sp³-hybridized carbons (Fsp3) is 0.143. The Bertz CT molecular complexity index is 524. The molecule has 0 aliphatic rings. The Morgan fingerprint density at radius 1 is 1.07 bits per heavy atom. The molecule has 0 aliphatic carbocycles. The Kier molecular flexibility index (Phi) is 2.71. The molecular weight excluding hydrogens is 184 g/mol. The maximum atomic E-state index is 9.11. The molecule has 0 aromatic heterocycles. The summed E-state index contributed by atoms with van der Waals surface area (Å²) in [6, 6.07) is 14.1. The van der Waals surface area contributed by atoms with Crippen LogP contribution in [0.1, 0.15) is 12.5 Å². The predicted octanol–water partition coefficient (Wildman–Crippen LogP) is 2.57. The predicted molar refractivity (Wildman–Crippen MR) is 62.5 cm³/mol. The first-order chi connectivity index (χ1) is 7.27. The van der Waals surface area contributed by atoms with Crippen molar-refractivity contribution in [2.75, 3.05) is 0 Å². The first kappa shape index (κ1) is 9.76. The minimum absolute atomic E-state index is 0.580. The van der Waals surface area contributed by atoms with Crippen molar-refractivity contribution in [1.29, 1.82) is 0 Å². The molecule has 1 nitrogen and oxygen atoms in total. The van der Waals surface area contributed by atoms with E-state index in [-0.39, 0.29) is 0 Å². The Morgan fingerprint density at radius 3 is 2.60 bits per heavy atom. The summed E-state index contributed by atoms with van der Waals surface area (Å²) < 4.78 is 0. The van der Waals surface area contributed by atoms with Crippen molar-refractivity contribution in [3.05, 3.63) is 48.0 Å². The lowest BCUT2D eigenvalue weighted by Crippen LogP contribution is -1.92. The Hall–Kier alpha value is -1.78. The largest absolute Gasteiger partial charge is 0.381 e. The third-order valence-electron chi connectivity index (χ3n) is 2.21. The van der Waals surface area contributed by atoms with Crippen LogP contribution in [0, 0.1) is 11.8 Å². The van der Waals surface area contributed by atoms with E-state index in [1.165, 1.54) is 5.39 Å². The zero-order valence-corrected chi connectivity index (χ0v) is 8.57. The third kappa shape index (κ3) is 2.18. The van der Waals surface area contributed by atoms with Crippen molar-refractivity contribution in [3.63, 3.8) is 0 Å². The second-order valence-electron chi connectivity index (χ2n) is 3.47. The average Bonchev–Trinajstić information content (AvgIpc) is 2.26. The zero-order valence-electron chi connectivity index (χ0n) is 8.57. The fourth-order valence-electron chi connectivity index (χ4n) is 1.52. The Balaban J connectivity index is 2.58. The molecule has 0 aliphatic heterocycles. The van der Waals surface area contributed by atoms with E-state index in [1.807, 2.05) is 30.3 Å². The number of rotatable bonds is 0. The molecule has 2 rings (SSSR count). The van der Waals surface area contributed by atoms with Gasteiger partial charge in [0.1, 0.15) is 6.10 Å². The maximum Gasteiger partial charge on any atom is 0.112 e. The molecule has 0 radical (unpaired) electrons. The monoisotopic (exact) mass is 196 g/mol. The first-order valence-electron chi connectivity index (χ1n) is 4.95. The second-order valence-corrected chi connectivity index (χ2v) is 3.47. The van der Waals surface area contributed by atoms with Gasteiger partial charge in [0.2, 0.25) is 0 Å². The van der Waals surface area contributed by atoms with Gasteiger partial charge in [-0.15, -0.1) is 0 Å². The van der Waals surface area contributed by atoms with Gasteiger partial charge in [0, 0.05) is 5.56 Å². The molecule has 0 saturated carbocycles. The van der Waals surface area contributed by atoms with E-state index in [4.69, 9.17) is 5.11 Å². The van der Waals surface area contributed by atoms with Gasteiger partial charge >= 0.3 is 0 Å². The fourth-order valence-corrected chi connectivity index (χ4v) is 1.52. The number of aliphatic hydroxyl groups is 1. The van der Waals surface area contributed by atoms with Gasteiger partial charge in [0.25, 0.3) is 0 Å². The summed E-state index contributed by atoms with van der Waals surface area (Å²) in [7, 11) is 0. The Labute approximate surface area is 89.4 Å². The van der Waals surface area contributed by atoms with Crippen LogP contribution in [0.2, 0.25) is 0 Å². The van der Waals surface area contributed by atoms with E-state index in [0.717, 1.165) is 10.9 Å². The summed E-state index contributed by atoms with van der Waals surface area (Å²) in [5.41, 5.74) is 0.967. The molecule has 0 spiro atoms. The van der Waals surface area contributed by atoms with Crippen LogP contribution in [0.3, 0.4) is 0 Å². The molecule has 2 aromatic rings. The van der Waals surface area contributed by atoms with Crippen molar-refractivity contribution in [2.24, 2.45) is 0 Å².